The van der Waals surface area contributed by atoms with Crippen LogP contribution in [0.25, 0.3) is 0 Å². The first-order chi connectivity index (χ1) is 8.70. The number of rotatable bonds is 1. The second-order valence-electron chi connectivity index (χ2n) is 4.96. The molecule has 0 aromatic heterocycles. The van der Waals surface area contributed by atoms with Crippen LogP contribution in [-0.2, 0) is 9.59 Å². The Balaban J connectivity index is 2.00. The lowest BCUT2D eigenvalue weighted by molar-refractivity contribution is -0.122. The summed E-state index contributed by atoms with van der Waals surface area (Å²) in [7, 11) is 0. The first-order valence-electron chi connectivity index (χ1n) is 6.32. The van der Waals surface area contributed by atoms with Crippen molar-refractivity contribution in [1.82, 2.24) is 0 Å². The zero-order valence-electron chi connectivity index (χ0n) is 9.93. The standard InChI is InChI=1S/C14H14ClNO2/c15-11-7-3-4-8-12(11)16-13(17)9-5-1-2-6-10(9)14(16)18/h3-4,7-10H,1-2,5-6H2/t9-,10-/m1/s1. The van der Waals surface area contributed by atoms with E-state index >= 15 is 0 Å². The van der Waals surface area contributed by atoms with Crippen molar-refractivity contribution in [2.45, 2.75) is 25.7 Å². The molecule has 18 heavy (non-hydrogen) atoms. The Morgan fingerprint density at radius 3 is 2.11 bits per heavy atom. The highest BCUT2D eigenvalue weighted by Crippen LogP contribution is 2.41. The minimum absolute atomic E-state index is 0.0715. The zero-order chi connectivity index (χ0) is 12.7. The molecule has 4 heteroatoms. The van der Waals surface area contributed by atoms with E-state index in [-0.39, 0.29) is 23.7 Å². The van der Waals surface area contributed by atoms with Gasteiger partial charge < -0.3 is 0 Å². The number of nitrogens with zero attached hydrogens (tertiary/aromatic N) is 1. The summed E-state index contributed by atoms with van der Waals surface area (Å²) in [6, 6.07) is 7.03. The molecule has 2 atom stereocenters. The lowest BCUT2D eigenvalue weighted by Gasteiger charge is -2.19. The average Bonchev–Trinajstić information content (AvgIpc) is 2.64. The first kappa shape index (κ1) is 11.7. The highest BCUT2D eigenvalue weighted by atomic mass is 35.5. The molecule has 1 aliphatic carbocycles. The lowest BCUT2D eigenvalue weighted by Crippen LogP contribution is -2.31. The topological polar surface area (TPSA) is 37.4 Å². The maximum Gasteiger partial charge on any atom is 0.237 e. The zero-order valence-corrected chi connectivity index (χ0v) is 10.7. The second kappa shape index (κ2) is 4.39. The molecule has 1 aromatic carbocycles. The Hall–Kier alpha value is -1.35. The molecule has 3 nitrogen and oxygen atoms in total. The third-order valence-electron chi connectivity index (χ3n) is 3.93. The van der Waals surface area contributed by atoms with E-state index in [1.165, 1.54) is 4.90 Å². The van der Waals surface area contributed by atoms with E-state index in [4.69, 9.17) is 11.6 Å². The second-order valence-corrected chi connectivity index (χ2v) is 5.37. The maximum atomic E-state index is 12.3. The Kier molecular flexibility index (Phi) is 2.86. The largest absolute Gasteiger partial charge is 0.274 e. The molecular weight excluding hydrogens is 250 g/mol. The third-order valence-corrected chi connectivity index (χ3v) is 4.25. The van der Waals surface area contributed by atoms with Crippen LogP contribution in [0.15, 0.2) is 24.3 Å². The molecule has 2 fully saturated rings. The number of anilines is 1. The molecule has 0 N–H and O–H groups in total. The van der Waals surface area contributed by atoms with Crippen LogP contribution in [0.4, 0.5) is 5.69 Å². The number of imide groups is 1. The lowest BCUT2D eigenvalue weighted by atomic mass is 9.81. The van der Waals surface area contributed by atoms with Gasteiger partial charge in [-0.3, -0.25) is 9.59 Å². The van der Waals surface area contributed by atoms with E-state index in [9.17, 15) is 9.59 Å². The number of amides is 2. The summed E-state index contributed by atoms with van der Waals surface area (Å²) in [6.45, 7) is 0. The number of hydrogen-bond donors (Lipinski definition) is 0. The third kappa shape index (κ3) is 1.65. The molecule has 2 aliphatic rings. The molecule has 2 amide bonds. The van der Waals surface area contributed by atoms with Crippen molar-refractivity contribution >= 4 is 29.1 Å². The maximum absolute atomic E-state index is 12.3. The minimum Gasteiger partial charge on any atom is -0.274 e. The van der Waals surface area contributed by atoms with Crippen LogP contribution in [-0.4, -0.2) is 11.8 Å². The van der Waals surface area contributed by atoms with Crippen LogP contribution in [0.1, 0.15) is 25.7 Å². The van der Waals surface area contributed by atoms with Gasteiger partial charge in [0.25, 0.3) is 0 Å². The molecule has 0 spiro atoms. The fourth-order valence-corrected chi connectivity index (χ4v) is 3.25. The number of carbonyl (C=O) groups excluding carboxylic acids is 2. The van der Waals surface area contributed by atoms with Crippen molar-refractivity contribution in [2.24, 2.45) is 11.8 Å². The Labute approximate surface area is 111 Å². The van der Waals surface area contributed by atoms with Gasteiger partial charge in [-0.2, -0.15) is 0 Å². The van der Waals surface area contributed by atoms with E-state index in [1.807, 2.05) is 0 Å². The quantitative estimate of drug-likeness (QED) is 0.731. The Morgan fingerprint density at radius 2 is 1.56 bits per heavy atom. The average molecular weight is 264 g/mol. The molecule has 0 bridgehead atoms. The molecule has 1 saturated carbocycles. The van der Waals surface area contributed by atoms with Crippen molar-refractivity contribution in [3.05, 3.63) is 29.3 Å². The van der Waals surface area contributed by atoms with Gasteiger partial charge in [0.2, 0.25) is 11.8 Å². The summed E-state index contributed by atoms with van der Waals surface area (Å²) in [5, 5.41) is 0.456. The summed E-state index contributed by atoms with van der Waals surface area (Å²) in [5.74, 6) is -0.388. The van der Waals surface area contributed by atoms with Crippen LogP contribution in [0.2, 0.25) is 5.02 Å². The van der Waals surface area contributed by atoms with Gasteiger partial charge in [-0.1, -0.05) is 36.6 Å². The van der Waals surface area contributed by atoms with E-state index < -0.39 is 0 Å². The predicted molar refractivity (Wildman–Crippen MR) is 69.4 cm³/mol. The van der Waals surface area contributed by atoms with E-state index in [2.05, 4.69) is 0 Å². The number of halogens is 1. The number of benzene rings is 1. The van der Waals surface area contributed by atoms with Gasteiger partial charge in [0.05, 0.1) is 22.5 Å². The molecule has 1 heterocycles. The van der Waals surface area contributed by atoms with Crippen molar-refractivity contribution < 1.29 is 9.59 Å². The Morgan fingerprint density at radius 1 is 1.00 bits per heavy atom. The highest BCUT2D eigenvalue weighted by molar-refractivity contribution is 6.36. The summed E-state index contributed by atoms with van der Waals surface area (Å²) < 4.78 is 0. The van der Waals surface area contributed by atoms with E-state index in [0.717, 1.165) is 25.7 Å². The van der Waals surface area contributed by atoms with Crippen LogP contribution in [0, 0.1) is 11.8 Å². The van der Waals surface area contributed by atoms with Gasteiger partial charge in [-0.15, -0.1) is 0 Å². The van der Waals surface area contributed by atoms with Gasteiger partial charge in [0.1, 0.15) is 0 Å². The smallest absolute Gasteiger partial charge is 0.237 e. The summed E-state index contributed by atoms with van der Waals surface area (Å²) in [6.07, 6.45) is 3.74. The fraction of sp³-hybridized carbons (Fsp3) is 0.429. The van der Waals surface area contributed by atoms with Gasteiger partial charge in [0, 0.05) is 0 Å². The Bertz CT molecular complexity index is 490. The monoisotopic (exact) mass is 263 g/mol. The van der Waals surface area contributed by atoms with Crippen LogP contribution in [0.3, 0.4) is 0 Å². The molecule has 0 radical (unpaired) electrons. The van der Waals surface area contributed by atoms with Crippen LogP contribution < -0.4 is 4.90 Å². The minimum atomic E-state index is -0.123. The first-order valence-corrected chi connectivity index (χ1v) is 6.70. The number of fused-ring (bicyclic) bond motifs is 1. The molecular formula is C14H14ClNO2. The number of hydrogen-bond acceptors (Lipinski definition) is 2. The normalized spacial score (nSPS) is 27.5. The summed E-state index contributed by atoms with van der Waals surface area (Å²) in [5.41, 5.74) is 0.531. The highest BCUT2D eigenvalue weighted by Gasteiger charge is 2.49. The molecule has 94 valence electrons. The van der Waals surface area contributed by atoms with Gasteiger partial charge in [0.15, 0.2) is 0 Å². The van der Waals surface area contributed by atoms with Gasteiger partial charge in [-0.25, -0.2) is 4.90 Å². The predicted octanol–water partition coefficient (Wildman–Crippen LogP) is 3.02. The summed E-state index contributed by atoms with van der Waals surface area (Å²) >= 11 is 6.09. The summed E-state index contributed by atoms with van der Waals surface area (Å²) in [4.78, 5) is 26.0. The molecule has 1 saturated heterocycles. The van der Waals surface area contributed by atoms with Crippen molar-refractivity contribution in [3.8, 4) is 0 Å². The van der Waals surface area contributed by atoms with E-state index in [1.54, 1.807) is 24.3 Å². The van der Waals surface area contributed by atoms with Crippen molar-refractivity contribution in [1.29, 1.82) is 0 Å². The van der Waals surface area contributed by atoms with Gasteiger partial charge in [-0.05, 0) is 25.0 Å². The molecule has 1 aliphatic heterocycles. The van der Waals surface area contributed by atoms with Crippen molar-refractivity contribution in [2.75, 3.05) is 4.90 Å². The van der Waals surface area contributed by atoms with E-state index in [0.29, 0.717) is 10.7 Å². The fourth-order valence-electron chi connectivity index (χ4n) is 3.03. The SMILES string of the molecule is O=C1[C@@H]2CCCC[C@H]2C(=O)N1c1ccccc1Cl. The van der Waals surface area contributed by atoms with Gasteiger partial charge >= 0.3 is 0 Å². The molecule has 1 aromatic rings. The number of carbonyl (C=O) groups is 2. The number of para-hydroxylation sites is 1. The van der Waals surface area contributed by atoms with Crippen molar-refractivity contribution in [3.63, 3.8) is 0 Å². The molecule has 3 rings (SSSR count). The van der Waals surface area contributed by atoms with Crippen LogP contribution in [0.5, 0.6) is 0 Å². The molecule has 0 unspecified atom stereocenters. The van der Waals surface area contributed by atoms with Crippen LogP contribution >= 0.6 is 11.6 Å².